The summed E-state index contributed by atoms with van der Waals surface area (Å²) in [6.07, 6.45) is 1.29. The summed E-state index contributed by atoms with van der Waals surface area (Å²) in [5.74, 6) is -0.918. The van der Waals surface area contributed by atoms with E-state index in [4.69, 9.17) is 4.42 Å². The summed E-state index contributed by atoms with van der Waals surface area (Å²) in [5, 5.41) is 0.949. The number of nitrogens with zero attached hydrogens (tertiary/aromatic N) is 2. The third kappa shape index (κ3) is 2.26. The fourth-order valence-electron chi connectivity index (χ4n) is 2.70. The van der Waals surface area contributed by atoms with Crippen LogP contribution in [0.15, 0.2) is 53.1 Å². The Kier molecular flexibility index (Phi) is 3.19. The number of halogens is 1. The van der Waals surface area contributed by atoms with Crippen LogP contribution in [0, 0.1) is 5.95 Å². The number of carbonyl (C=O) groups excluding carboxylic acids is 1. The zero-order chi connectivity index (χ0) is 16.7. The Labute approximate surface area is 135 Å². The number of amides is 1. The van der Waals surface area contributed by atoms with E-state index in [0.29, 0.717) is 17.0 Å². The van der Waals surface area contributed by atoms with Crippen LogP contribution in [0.5, 0.6) is 0 Å². The summed E-state index contributed by atoms with van der Waals surface area (Å²) < 4.78 is 20.3. The molecule has 1 aromatic carbocycles. The number of carbonyl (C=O) groups is 1. The Hall–Kier alpha value is -3.35. The van der Waals surface area contributed by atoms with Gasteiger partial charge in [0.2, 0.25) is 5.95 Å². The SMILES string of the molecule is Cn1c(C(=O)NNc2ccc(F)nc2)cc2oc3ccccc3c21. The summed E-state index contributed by atoms with van der Waals surface area (Å²) in [5.41, 5.74) is 8.46. The number of anilines is 1. The van der Waals surface area contributed by atoms with Gasteiger partial charge in [-0.05, 0) is 24.3 Å². The first kappa shape index (κ1) is 14.3. The highest BCUT2D eigenvalue weighted by molar-refractivity contribution is 6.07. The molecular weight excluding hydrogens is 311 g/mol. The van der Waals surface area contributed by atoms with Crippen molar-refractivity contribution >= 4 is 33.7 Å². The van der Waals surface area contributed by atoms with Crippen molar-refractivity contribution in [1.82, 2.24) is 15.0 Å². The fourth-order valence-corrected chi connectivity index (χ4v) is 2.70. The van der Waals surface area contributed by atoms with E-state index in [-0.39, 0.29) is 5.91 Å². The van der Waals surface area contributed by atoms with Crippen LogP contribution in [0.4, 0.5) is 10.1 Å². The smallest absolute Gasteiger partial charge is 0.286 e. The normalized spacial score (nSPS) is 11.1. The number of rotatable bonds is 3. The predicted octanol–water partition coefficient (Wildman–Crippen LogP) is 3.22. The van der Waals surface area contributed by atoms with E-state index in [1.165, 1.54) is 18.3 Å². The third-order valence-corrected chi connectivity index (χ3v) is 3.84. The Morgan fingerprint density at radius 2 is 2.04 bits per heavy atom. The van der Waals surface area contributed by atoms with Crippen LogP contribution in [0.1, 0.15) is 10.5 Å². The van der Waals surface area contributed by atoms with Crippen molar-refractivity contribution in [3.8, 4) is 0 Å². The molecule has 0 bridgehead atoms. The van der Waals surface area contributed by atoms with Crippen molar-refractivity contribution in [3.05, 3.63) is 60.3 Å². The van der Waals surface area contributed by atoms with Gasteiger partial charge in [-0.25, -0.2) is 4.98 Å². The number of furan rings is 1. The minimum absolute atomic E-state index is 0.336. The molecule has 120 valence electrons. The zero-order valence-electron chi connectivity index (χ0n) is 12.7. The summed E-state index contributed by atoms with van der Waals surface area (Å²) in [7, 11) is 1.80. The number of hydrogen-bond donors (Lipinski definition) is 2. The second-order valence-corrected chi connectivity index (χ2v) is 5.35. The first-order valence-electron chi connectivity index (χ1n) is 7.28. The van der Waals surface area contributed by atoms with E-state index < -0.39 is 5.95 Å². The Morgan fingerprint density at radius 1 is 1.21 bits per heavy atom. The molecule has 4 aromatic rings. The zero-order valence-corrected chi connectivity index (χ0v) is 12.7. The molecule has 0 atom stereocenters. The number of hydrogen-bond acceptors (Lipinski definition) is 4. The van der Waals surface area contributed by atoms with Gasteiger partial charge in [-0.1, -0.05) is 12.1 Å². The fraction of sp³-hybridized carbons (Fsp3) is 0.0588. The van der Waals surface area contributed by atoms with Gasteiger partial charge < -0.3 is 8.98 Å². The monoisotopic (exact) mass is 324 g/mol. The number of hydrazine groups is 1. The molecule has 0 saturated heterocycles. The quantitative estimate of drug-likeness (QED) is 0.448. The molecule has 3 heterocycles. The van der Waals surface area contributed by atoms with Crippen LogP contribution >= 0.6 is 0 Å². The van der Waals surface area contributed by atoms with Crippen molar-refractivity contribution in [3.63, 3.8) is 0 Å². The minimum Gasteiger partial charge on any atom is -0.454 e. The molecule has 4 rings (SSSR count). The van der Waals surface area contributed by atoms with Gasteiger partial charge in [0.05, 0.1) is 17.4 Å². The number of aromatic nitrogens is 2. The van der Waals surface area contributed by atoms with Gasteiger partial charge in [-0.15, -0.1) is 0 Å². The van der Waals surface area contributed by atoms with Crippen LogP contribution in [0.2, 0.25) is 0 Å². The second kappa shape index (κ2) is 5.38. The molecule has 0 aliphatic heterocycles. The molecule has 0 saturated carbocycles. The molecule has 0 fully saturated rings. The summed E-state index contributed by atoms with van der Waals surface area (Å²) in [6, 6.07) is 12.0. The maximum absolute atomic E-state index is 12.8. The lowest BCUT2D eigenvalue weighted by atomic mass is 10.2. The first-order valence-corrected chi connectivity index (χ1v) is 7.28. The van der Waals surface area contributed by atoms with Crippen molar-refractivity contribution in [2.24, 2.45) is 7.05 Å². The molecule has 24 heavy (non-hydrogen) atoms. The lowest BCUT2D eigenvalue weighted by Gasteiger charge is -2.08. The highest BCUT2D eigenvalue weighted by atomic mass is 19.1. The second-order valence-electron chi connectivity index (χ2n) is 5.35. The summed E-state index contributed by atoms with van der Waals surface area (Å²) >= 11 is 0. The number of pyridine rings is 1. The van der Waals surface area contributed by atoms with E-state index in [9.17, 15) is 9.18 Å². The molecule has 0 unspecified atom stereocenters. The van der Waals surface area contributed by atoms with Gasteiger partial charge >= 0.3 is 0 Å². The van der Waals surface area contributed by atoms with E-state index in [1.807, 2.05) is 24.3 Å². The van der Waals surface area contributed by atoms with Gasteiger partial charge in [-0.3, -0.25) is 15.6 Å². The van der Waals surface area contributed by atoms with E-state index in [2.05, 4.69) is 15.8 Å². The van der Waals surface area contributed by atoms with E-state index in [1.54, 1.807) is 17.7 Å². The topological polar surface area (TPSA) is 72.1 Å². The largest absolute Gasteiger partial charge is 0.454 e. The average molecular weight is 324 g/mol. The van der Waals surface area contributed by atoms with Gasteiger partial charge in [0.15, 0.2) is 5.58 Å². The van der Waals surface area contributed by atoms with Crippen LogP contribution in [0.3, 0.4) is 0 Å². The Bertz CT molecular complexity index is 1050. The van der Waals surface area contributed by atoms with Gasteiger partial charge in [-0.2, -0.15) is 4.39 Å². The van der Waals surface area contributed by atoms with E-state index >= 15 is 0 Å². The Balaban J connectivity index is 1.62. The number of nitrogens with one attached hydrogen (secondary N) is 2. The lowest BCUT2D eigenvalue weighted by Crippen LogP contribution is -2.30. The Morgan fingerprint density at radius 3 is 2.83 bits per heavy atom. The molecule has 0 aliphatic rings. The molecular formula is C17H13FN4O2. The lowest BCUT2D eigenvalue weighted by molar-refractivity contribution is 0.0955. The molecule has 0 aliphatic carbocycles. The van der Waals surface area contributed by atoms with Gasteiger partial charge in [0, 0.05) is 18.5 Å². The standard InChI is InChI=1S/C17H13FN4O2/c1-22-12(17(23)21-20-10-6-7-15(18)19-9-10)8-14-16(22)11-4-2-3-5-13(11)24-14/h2-9,20H,1H3,(H,21,23). The summed E-state index contributed by atoms with van der Waals surface area (Å²) in [4.78, 5) is 15.9. The molecule has 6 nitrogen and oxygen atoms in total. The highest BCUT2D eigenvalue weighted by Crippen LogP contribution is 2.30. The number of aryl methyl sites for hydroxylation is 1. The third-order valence-electron chi connectivity index (χ3n) is 3.84. The molecule has 3 aromatic heterocycles. The van der Waals surface area contributed by atoms with Crippen LogP contribution in [-0.2, 0) is 7.05 Å². The van der Waals surface area contributed by atoms with Gasteiger partial charge in [0.25, 0.3) is 5.91 Å². The highest BCUT2D eigenvalue weighted by Gasteiger charge is 2.18. The molecule has 0 spiro atoms. The van der Waals surface area contributed by atoms with Gasteiger partial charge in [0.1, 0.15) is 11.3 Å². The molecule has 7 heteroatoms. The molecule has 2 N–H and O–H groups in total. The van der Waals surface area contributed by atoms with Crippen LogP contribution < -0.4 is 10.9 Å². The van der Waals surface area contributed by atoms with Crippen LogP contribution in [0.25, 0.3) is 22.1 Å². The predicted molar refractivity (Wildman–Crippen MR) is 88.0 cm³/mol. The first-order chi connectivity index (χ1) is 11.6. The molecule has 0 radical (unpaired) electrons. The van der Waals surface area contributed by atoms with Crippen molar-refractivity contribution in [2.45, 2.75) is 0 Å². The van der Waals surface area contributed by atoms with Crippen molar-refractivity contribution < 1.29 is 13.6 Å². The van der Waals surface area contributed by atoms with E-state index in [0.717, 1.165) is 16.5 Å². The number of fused-ring (bicyclic) bond motifs is 3. The van der Waals surface area contributed by atoms with Crippen LogP contribution in [-0.4, -0.2) is 15.5 Å². The number of para-hydroxylation sites is 1. The van der Waals surface area contributed by atoms with Crippen molar-refractivity contribution in [2.75, 3.05) is 5.43 Å². The average Bonchev–Trinajstić information content (AvgIpc) is 3.11. The maximum Gasteiger partial charge on any atom is 0.286 e. The number of benzene rings is 1. The maximum atomic E-state index is 12.8. The van der Waals surface area contributed by atoms with Crippen molar-refractivity contribution in [1.29, 1.82) is 0 Å². The molecule has 1 amide bonds. The summed E-state index contributed by atoms with van der Waals surface area (Å²) in [6.45, 7) is 0. The minimum atomic E-state index is -0.582.